The lowest BCUT2D eigenvalue weighted by Crippen LogP contribution is -2.15. The van der Waals surface area contributed by atoms with Crippen LogP contribution in [0, 0.1) is 11.8 Å². The molecule has 110 valence electrons. The van der Waals surface area contributed by atoms with Gasteiger partial charge >= 0.3 is 5.97 Å². The second kappa shape index (κ2) is 8.51. The zero-order valence-corrected chi connectivity index (χ0v) is 12.3. The van der Waals surface area contributed by atoms with Crippen LogP contribution in [0.2, 0.25) is 0 Å². The summed E-state index contributed by atoms with van der Waals surface area (Å²) in [5.74, 6) is -0.360. The maximum Gasteiger partial charge on any atom is 0.303 e. The maximum atomic E-state index is 11.9. The monoisotopic (exact) mass is 276 g/mol. The first-order chi connectivity index (χ1) is 9.47. The van der Waals surface area contributed by atoms with Gasteiger partial charge in [0.25, 0.3) is 0 Å². The second-order valence-corrected chi connectivity index (χ2v) is 5.83. The Bertz CT molecular complexity index is 423. The molecule has 0 aromatic heterocycles. The summed E-state index contributed by atoms with van der Waals surface area (Å²) in [5.41, 5.74) is 1.19. The van der Waals surface area contributed by atoms with Gasteiger partial charge in [-0.2, -0.15) is 0 Å². The van der Waals surface area contributed by atoms with Crippen molar-refractivity contribution in [2.24, 2.45) is 11.8 Å². The van der Waals surface area contributed by atoms with E-state index in [1.54, 1.807) is 0 Å². The van der Waals surface area contributed by atoms with Crippen LogP contribution in [0.1, 0.15) is 45.1 Å². The molecule has 0 saturated carbocycles. The van der Waals surface area contributed by atoms with E-state index in [9.17, 15) is 9.59 Å². The average Bonchev–Trinajstić information content (AvgIpc) is 2.35. The van der Waals surface area contributed by atoms with Crippen molar-refractivity contribution in [2.45, 2.75) is 46.0 Å². The lowest BCUT2D eigenvalue weighted by molar-refractivity contribution is -0.138. The highest BCUT2D eigenvalue weighted by Gasteiger charge is 2.18. The standard InChI is InChI=1S/C17H24O3/c1-13(2)10-16(18)11-15(12-17(19)20)9-8-14-6-4-3-5-7-14/h3-7,13,15H,8-12H2,1-2H3,(H,19,20). The minimum absolute atomic E-state index is 0.0565. The third kappa shape index (κ3) is 7.07. The van der Waals surface area contributed by atoms with E-state index >= 15 is 0 Å². The van der Waals surface area contributed by atoms with Gasteiger partial charge in [-0.1, -0.05) is 44.2 Å². The van der Waals surface area contributed by atoms with E-state index in [1.165, 1.54) is 5.56 Å². The van der Waals surface area contributed by atoms with Crippen molar-refractivity contribution in [3.63, 3.8) is 0 Å². The summed E-state index contributed by atoms with van der Waals surface area (Å²) in [6.07, 6.45) is 2.59. The number of ketones is 1. The Hall–Kier alpha value is -1.64. The Morgan fingerprint density at radius 2 is 1.70 bits per heavy atom. The van der Waals surface area contributed by atoms with Gasteiger partial charge in [0, 0.05) is 19.3 Å². The van der Waals surface area contributed by atoms with Crippen molar-refractivity contribution in [3.05, 3.63) is 35.9 Å². The van der Waals surface area contributed by atoms with E-state index in [0.717, 1.165) is 12.8 Å². The Morgan fingerprint density at radius 1 is 1.05 bits per heavy atom. The molecule has 0 aliphatic carbocycles. The van der Waals surface area contributed by atoms with Crippen molar-refractivity contribution in [1.82, 2.24) is 0 Å². The molecule has 1 aromatic carbocycles. The van der Waals surface area contributed by atoms with Crippen molar-refractivity contribution in [3.8, 4) is 0 Å². The minimum atomic E-state index is -0.819. The van der Waals surface area contributed by atoms with Crippen molar-refractivity contribution < 1.29 is 14.7 Å². The molecule has 1 unspecified atom stereocenters. The van der Waals surface area contributed by atoms with Gasteiger partial charge in [0.05, 0.1) is 0 Å². The number of carboxylic acids is 1. The van der Waals surface area contributed by atoms with Crippen LogP contribution >= 0.6 is 0 Å². The molecule has 0 fully saturated rings. The minimum Gasteiger partial charge on any atom is -0.481 e. The van der Waals surface area contributed by atoms with E-state index < -0.39 is 5.97 Å². The van der Waals surface area contributed by atoms with E-state index in [0.29, 0.717) is 18.8 Å². The Kier molecular flexibility index (Phi) is 6.99. The van der Waals surface area contributed by atoms with E-state index in [-0.39, 0.29) is 18.1 Å². The van der Waals surface area contributed by atoms with Crippen LogP contribution in [-0.2, 0) is 16.0 Å². The molecule has 0 aliphatic heterocycles. The number of rotatable bonds is 9. The lowest BCUT2D eigenvalue weighted by Gasteiger charge is -2.15. The first-order valence-electron chi connectivity index (χ1n) is 7.24. The van der Waals surface area contributed by atoms with Gasteiger partial charge in [0.2, 0.25) is 0 Å². The van der Waals surface area contributed by atoms with E-state index in [1.807, 2.05) is 44.2 Å². The zero-order chi connectivity index (χ0) is 15.0. The molecule has 1 atom stereocenters. The van der Waals surface area contributed by atoms with Crippen LogP contribution in [0.5, 0.6) is 0 Å². The second-order valence-electron chi connectivity index (χ2n) is 5.83. The van der Waals surface area contributed by atoms with Crippen LogP contribution in [0.4, 0.5) is 0 Å². The molecule has 0 bridgehead atoms. The number of aryl methyl sites for hydroxylation is 1. The molecule has 0 amide bonds. The first-order valence-corrected chi connectivity index (χ1v) is 7.24. The van der Waals surface area contributed by atoms with Crippen LogP contribution in [0.3, 0.4) is 0 Å². The molecule has 1 aromatic rings. The van der Waals surface area contributed by atoms with Crippen molar-refractivity contribution in [1.29, 1.82) is 0 Å². The van der Waals surface area contributed by atoms with E-state index in [2.05, 4.69) is 0 Å². The van der Waals surface area contributed by atoms with Crippen LogP contribution in [-0.4, -0.2) is 16.9 Å². The summed E-state index contributed by atoms with van der Waals surface area (Å²) >= 11 is 0. The fourth-order valence-electron chi connectivity index (χ4n) is 2.40. The summed E-state index contributed by atoms with van der Waals surface area (Å²) in [7, 11) is 0. The number of hydrogen-bond donors (Lipinski definition) is 1. The third-order valence-electron chi connectivity index (χ3n) is 3.30. The topological polar surface area (TPSA) is 54.4 Å². The quantitative estimate of drug-likeness (QED) is 0.748. The molecular formula is C17H24O3. The predicted octanol–water partition coefficient (Wildman–Crippen LogP) is 3.72. The number of carboxylic acid groups (broad SMARTS) is 1. The SMILES string of the molecule is CC(C)CC(=O)CC(CCc1ccccc1)CC(=O)O. The molecule has 3 heteroatoms. The third-order valence-corrected chi connectivity index (χ3v) is 3.30. The number of carbonyl (C=O) groups is 2. The van der Waals surface area contributed by atoms with Crippen molar-refractivity contribution >= 4 is 11.8 Å². The van der Waals surface area contributed by atoms with Crippen LogP contribution in [0.25, 0.3) is 0 Å². The highest BCUT2D eigenvalue weighted by atomic mass is 16.4. The smallest absolute Gasteiger partial charge is 0.303 e. The normalized spacial score (nSPS) is 12.3. The molecule has 1 rings (SSSR count). The van der Waals surface area contributed by atoms with E-state index in [4.69, 9.17) is 5.11 Å². The zero-order valence-electron chi connectivity index (χ0n) is 12.3. The van der Waals surface area contributed by atoms with Crippen LogP contribution in [0.15, 0.2) is 30.3 Å². The fraction of sp³-hybridized carbons (Fsp3) is 0.529. The Morgan fingerprint density at radius 3 is 2.25 bits per heavy atom. The summed E-state index contributed by atoms with van der Waals surface area (Å²) in [6.45, 7) is 4.02. The Balaban J connectivity index is 2.51. The molecule has 0 radical (unpaired) electrons. The molecule has 3 nitrogen and oxygen atoms in total. The van der Waals surface area contributed by atoms with Gasteiger partial charge in [0.15, 0.2) is 0 Å². The summed E-state index contributed by atoms with van der Waals surface area (Å²) < 4.78 is 0. The molecule has 1 N–H and O–H groups in total. The van der Waals surface area contributed by atoms with Crippen molar-refractivity contribution in [2.75, 3.05) is 0 Å². The Labute approximate surface area is 121 Å². The highest BCUT2D eigenvalue weighted by Crippen LogP contribution is 2.19. The molecule has 0 aliphatic rings. The summed E-state index contributed by atoms with van der Waals surface area (Å²) in [4.78, 5) is 22.8. The highest BCUT2D eigenvalue weighted by molar-refractivity contribution is 5.79. The van der Waals surface area contributed by atoms with Gasteiger partial charge < -0.3 is 5.11 Å². The number of Topliss-reactive ketones (excluding diaryl/α,β-unsaturated/α-hetero) is 1. The number of benzene rings is 1. The van der Waals surface area contributed by atoms with Gasteiger partial charge in [-0.25, -0.2) is 0 Å². The van der Waals surface area contributed by atoms with Gasteiger partial charge in [-0.05, 0) is 30.2 Å². The molecule has 0 heterocycles. The molecule has 0 saturated heterocycles. The van der Waals surface area contributed by atoms with Gasteiger partial charge in [-0.15, -0.1) is 0 Å². The molecule has 20 heavy (non-hydrogen) atoms. The number of aliphatic carboxylic acids is 1. The van der Waals surface area contributed by atoms with Gasteiger partial charge in [0.1, 0.15) is 5.78 Å². The van der Waals surface area contributed by atoms with Crippen LogP contribution < -0.4 is 0 Å². The first kappa shape index (κ1) is 16.4. The average molecular weight is 276 g/mol. The lowest BCUT2D eigenvalue weighted by atomic mass is 9.90. The molecule has 0 spiro atoms. The predicted molar refractivity (Wildman–Crippen MR) is 79.6 cm³/mol. The maximum absolute atomic E-state index is 11.9. The number of hydrogen-bond acceptors (Lipinski definition) is 2. The van der Waals surface area contributed by atoms with Gasteiger partial charge in [-0.3, -0.25) is 9.59 Å². The number of carbonyl (C=O) groups excluding carboxylic acids is 1. The summed E-state index contributed by atoms with van der Waals surface area (Å²) in [6, 6.07) is 9.99. The fourth-order valence-corrected chi connectivity index (χ4v) is 2.40. The largest absolute Gasteiger partial charge is 0.481 e. The summed E-state index contributed by atoms with van der Waals surface area (Å²) in [5, 5.41) is 8.96. The molecular weight excluding hydrogens is 252 g/mol.